The molecule has 0 spiro atoms. The molecule has 1 aliphatic heterocycles. The zero-order valence-electron chi connectivity index (χ0n) is 9.72. The minimum absolute atomic E-state index is 0.284. The fourth-order valence-corrected chi connectivity index (χ4v) is 1.88. The average Bonchev–Trinajstić information content (AvgIpc) is 2.81. The van der Waals surface area contributed by atoms with Crippen LogP contribution >= 0.6 is 0 Å². The largest absolute Gasteiger partial charge is 0.397 e. The summed E-state index contributed by atoms with van der Waals surface area (Å²) in [6.45, 7) is 1.43. The summed E-state index contributed by atoms with van der Waals surface area (Å²) >= 11 is 0. The van der Waals surface area contributed by atoms with Gasteiger partial charge < -0.3 is 21.1 Å². The molecule has 0 saturated carbocycles. The first-order valence-corrected chi connectivity index (χ1v) is 5.45. The third kappa shape index (κ3) is 2.31. The van der Waals surface area contributed by atoms with Gasteiger partial charge in [0.1, 0.15) is 5.82 Å². The lowest BCUT2D eigenvalue weighted by Crippen LogP contribution is -2.32. The van der Waals surface area contributed by atoms with Gasteiger partial charge in [0.15, 0.2) is 0 Å². The molecule has 1 saturated heterocycles. The summed E-state index contributed by atoms with van der Waals surface area (Å²) in [7, 11) is 1.92. The van der Waals surface area contributed by atoms with Gasteiger partial charge in [-0.25, -0.2) is 4.98 Å². The van der Waals surface area contributed by atoms with Gasteiger partial charge in [-0.1, -0.05) is 0 Å². The van der Waals surface area contributed by atoms with Crippen molar-refractivity contribution in [3.63, 3.8) is 0 Å². The van der Waals surface area contributed by atoms with Gasteiger partial charge >= 0.3 is 0 Å². The van der Waals surface area contributed by atoms with Crippen molar-refractivity contribution in [3.8, 4) is 0 Å². The number of amides is 1. The van der Waals surface area contributed by atoms with E-state index in [2.05, 4.69) is 4.98 Å². The topological polar surface area (TPSA) is 94.5 Å². The summed E-state index contributed by atoms with van der Waals surface area (Å²) in [5.41, 5.74) is 11.5. The highest BCUT2D eigenvalue weighted by Gasteiger charge is 2.22. The first-order chi connectivity index (χ1) is 8.09. The molecule has 1 aliphatic rings. The second-order valence-corrected chi connectivity index (χ2v) is 4.12. The predicted octanol–water partition coefficient (Wildman–Crippen LogP) is -0.0122. The van der Waals surface area contributed by atoms with E-state index in [0.29, 0.717) is 23.7 Å². The Bertz CT molecular complexity index is 429. The molecule has 1 aromatic rings. The number of hydrogen-bond donors (Lipinski definition) is 2. The van der Waals surface area contributed by atoms with Gasteiger partial charge in [-0.05, 0) is 12.5 Å². The molecule has 4 N–H and O–H groups in total. The van der Waals surface area contributed by atoms with E-state index in [0.717, 1.165) is 13.0 Å². The summed E-state index contributed by atoms with van der Waals surface area (Å²) in [6.07, 6.45) is 2.41. The fraction of sp³-hybridized carbons (Fsp3) is 0.455. The van der Waals surface area contributed by atoms with Gasteiger partial charge in [0.2, 0.25) is 0 Å². The van der Waals surface area contributed by atoms with Crippen LogP contribution < -0.4 is 16.4 Å². The number of likely N-dealkylation sites (N-methyl/N-ethyl adjacent to an activating group) is 1. The molecule has 1 unspecified atom stereocenters. The maximum Gasteiger partial charge on any atom is 0.250 e. The summed E-state index contributed by atoms with van der Waals surface area (Å²) < 4.78 is 5.32. The van der Waals surface area contributed by atoms with Gasteiger partial charge in [0.25, 0.3) is 5.91 Å². The lowest BCUT2D eigenvalue weighted by molar-refractivity contribution is 0.100. The zero-order valence-corrected chi connectivity index (χ0v) is 9.72. The van der Waals surface area contributed by atoms with Crippen LogP contribution in [-0.2, 0) is 4.74 Å². The van der Waals surface area contributed by atoms with Crippen molar-refractivity contribution in [2.24, 2.45) is 5.73 Å². The van der Waals surface area contributed by atoms with Crippen molar-refractivity contribution in [1.29, 1.82) is 0 Å². The first-order valence-electron chi connectivity index (χ1n) is 5.45. The van der Waals surface area contributed by atoms with E-state index >= 15 is 0 Å². The number of nitrogens with zero attached hydrogens (tertiary/aromatic N) is 2. The molecular formula is C11H16N4O2. The molecule has 92 valence electrons. The smallest absolute Gasteiger partial charge is 0.250 e. The molecular weight excluding hydrogens is 220 g/mol. The highest BCUT2D eigenvalue weighted by atomic mass is 16.5. The Balaban J connectivity index is 2.26. The van der Waals surface area contributed by atoms with E-state index < -0.39 is 5.91 Å². The predicted molar refractivity (Wildman–Crippen MR) is 64.8 cm³/mol. The third-order valence-corrected chi connectivity index (χ3v) is 3.00. The van der Waals surface area contributed by atoms with Gasteiger partial charge in [-0.2, -0.15) is 0 Å². The molecule has 0 aromatic carbocycles. The molecule has 17 heavy (non-hydrogen) atoms. The number of anilines is 2. The zero-order chi connectivity index (χ0) is 12.4. The standard InChI is InChI=1S/C11H16N4O2/c1-15(7-2-3-17-6-7)10-4-8(11(13)16)9(12)5-14-10/h4-5,7H,2-3,6,12H2,1H3,(H2,13,16). The molecule has 0 bridgehead atoms. The number of carbonyl (C=O) groups is 1. The number of ether oxygens (including phenoxy) is 1. The fourth-order valence-electron chi connectivity index (χ4n) is 1.88. The molecule has 0 aliphatic carbocycles. The monoisotopic (exact) mass is 236 g/mol. The van der Waals surface area contributed by atoms with Crippen LogP contribution in [0.25, 0.3) is 0 Å². The van der Waals surface area contributed by atoms with Crippen LogP contribution in [0, 0.1) is 0 Å². The molecule has 0 radical (unpaired) electrons. The molecule has 1 fully saturated rings. The Kier molecular flexibility index (Phi) is 3.14. The number of aromatic nitrogens is 1. The van der Waals surface area contributed by atoms with Crippen LogP contribution in [0.15, 0.2) is 12.3 Å². The van der Waals surface area contributed by atoms with E-state index in [1.807, 2.05) is 11.9 Å². The number of nitrogen functional groups attached to an aromatic ring is 1. The van der Waals surface area contributed by atoms with Crippen LogP contribution in [0.4, 0.5) is 11.5 Å². The number of nitrogens with two attached hydrogens (primary N) is 2. The Labute approximate surface area is 99.5 Å². The van der Waals surface area contributed by atoms with E-state index in [-0.39, 0.29) is 6.04 Å². The van der Waals surface area contributed by atoms with Crippen LogP contribution in [0.1, 0.15) is 16.8 Å². The SMILES string of the molecule is CN(c1cc(C(N)=O)c(N)cn1)C1CCOC1. The first kappa shape index (κ1) is 11.7. The number of rotatable bonds is 3. The quantitative estimate of drug-likeness (QED) is 0.769. The maximum atomic E-state index is 11.2. The van der Waals surface area contributed by atoms with Crippen molar-refractivity contribution >= 4 is 17.4 Å². The lowest BCUT2D eigenvalue weighted by atomic mass is 10.2. The molecule has 2 rings (SSSR count). The molecule has 2 heterocycles. The molecule has 1 atom stereocenters. The average molecular weight is 236 g/mol. The van der Waals surface area contributed by atoms with Crippen molar-refractivity contribution in [2.45, 2.75) is 12.5 Å². The summed E-state index contributed by atoms with van der Waals surface area (Å²) in [4.78, 5) is 17.4. The minimum Gasteiger partial charge on any atom is -0.397 e. The number of carbonyl (C=O) groups excluding carboxylic acids is 1. The Morgan fingerprint density at radius 2 is 2.41 bits per heavy atom. The Morgan fingerprint density at radius 1 is 1.65 bits per heavy atom. The van der Waals surface area contributed by atoms with Gasteiger partial charge in [-0.3, -0.25) is 4.79 Å². The summed E-state index contributed by atoms with van der Waals surface area (Å²) in [6, 6.07) is 1.91. The Hall–Kier alpha value is -1.82. The van der Waals surface area contributed by atoms with E-state index in [9.17, 15) is 4.79 Å². The summed E-state index contributed by atoms with van der Waals surface area (Å²) in [5, 5.41) is 0. The van der Waals surface area contributed by atoms with E-state index in [1.165, 1.54) is 6.20 Å². The molecule has 6 nitrogen and oxygen atoms in total. The molecule has 1 amide bonds. The normalized spacial score (nSPS) is 19.2. The van der Waals surface area contributed by atoms with Crippen LogP contribution in [0.2, 0.25) is 0 Å². The van der Waals surface area contributed by atoms with Gasteiger partial charge in [0, 0.05) is 13.7 Å². The van der Waals surface area contributed by atoms with Crippen LogP contribution in [-0.4, -0.2) is 37.2 Å². The summed E-state index contributed by atoms with van der Waals surface area (Å²) in [5.74, 6) is 0.144. The van der Waals surface area contributed by atoms with Crippen molar-refractivity contribution in [2.75, 3.05) is 30.9 Å². The van der Waals surface area contributed by atoms with E-state index in [1.54, 1.807) is 6.07 Å². The van der Waals surface area contributed by atoms with Crippen molar-refractivity contribution < 1.29 is 9.53 Å². The Morgan fingerprint density at radius 3 is 3.00 bits per heavy atom. The van der Waals surface area contributed by atoms with Gasteiger partial charge in [0.05, 0.1) is 30.1 Å². The number of primary amides is 1. The minimum atomic E-state index is -0.540. The highest BCUT2D eigenvalue weighted by Crippen LogP contribution is 2.21. The molecule has 6 heteroatoms. The van der Waals surface area contributed by atoms with E-state index in [4.69, 9.17) is 16.2 Å². The molecule has 1 aromatic heterocycles. The number of pyridine rings is 1. The van der Waals surface area contributed by atoms with Crippen molar-refractivity contribution in [3.05, 3.63) is 17.8 Å². The highest BCUT2D eigenvalue weighted by molar-refractivity contribution is 5.98. The number of hydrogen-bond acceptors (Lipinski definition) is 5. The van der Waals surface area contributed by atoms with Crippen LogP contribution in [0.3, 0.4) is 0 Å². The van der Waals surface area contributed by atoms with Crippen molar-refractivity contribution in [1.82, 2.24) is 4.98 Å². The second-order valence-electron chi connectivity index (χ2n) is 4.12. The third-order valence-electron chi connectivity index (χ3n) is 3.00. The maximum absolute atomic E-state index is 11.2. The second kappa shape index (κ2) is 4.58. The lowest BCUT2D eigenvalue weighted by Gasteiger charge is -2.24. The van der Waals surface area contributed by atoms with Crippen LogP contribution in [0.5, 0.6) is 0 Å². The van der Waals surface area contributed by atoms with Gasteiger partial charge in [-0.15, -0.1) is 0 Å².